The first-order valence-electron chi connectivity index (χ1n) is 6.26. The number of carbonyl (C=O) groups is 1. The van der Waals surface area contributed by atoms with Gasteiger partial charge < -0.3 is 5.32 Å². The Morgan fingerprint density at radius 3 is 2.89 bits per heavy atom. The average molecular weight is 274 g/mol. The van der Waals surface area contributed by atoms with Gasteiger partial charge in [-0.3, -0.25) is 10.1 Å². The monoisotopic (exact) mass is 274 g/mol. The number of hydrogen-bond acceptors (Lipinski definition) is 5. The predicted molar refractivity (Wildman–Crippen MR) is 74.3 cm³/mol. The van der Waals surface area contributed by atoms with Crippen molar-refractivity contribution in [2.45, 2.75) is 18.9 Å². The van der Waals surface area contributed by atoms with Crippen LogP contribution < -0.4 is 10.6 Å². The zero-order valence-corrected chi connectivity index (χ0v) is 11.1. The Kier molecular flexibility index (Phi) is 3.52. The van der Waals surface area contributed by atoms with Crippen LogP contribution in [0.4, 0.5) is 5.13 Å². The lowest BCUT2D eigenvalue weighted by Crippen LogP contribution is -2.12. The third-order valence-corrected chi connectivity index (χ3v) is 4.01. The van der Waals surface area contributed by atoms with E-state index < -0.39 is 0 Å². The first-order valence-corrected chi connectivity index (χ1v) is 7.08. The highest BCUT2D eigenvalue weighted by molar-refractivity contribution is 7.15. The van der Waals surface area contributed by atoms with Gasteiger partial charge in [-0.2, -0.15) is 0 Å². The SMILES string of the molecule is O=C(Nc1nnc(C2CCCN2)s1)c1ccccc1. The van der Waals surface area contributed by atoms with Crippen molar-refractivity contribution in [1.29, 1.82) is 0 Å². The molecule has 0 radical (unpaired) electrons. The quantitative estimate of drug-likeness (QED) is 0.900. The number of anilines is 1. The molecule has 1 amide bonds. The Morgan fingerprint density at radius 2 is 2.16 bits per heavy atom. The summed E-state index contributed by atoms with van der Waals surface area (Å²) in [7, 11) is 0. The maximum atomic E-state index is 12.0. The molecule has 1 atom stereocenters. The zero-order chi connectivity index (χ0) is 13.1. The number of carbonyl (C=O) groups excluding carboxylic acids is 1. The number of hydrogen-bond donors (Lipinski definition) is 2. The van der Waals surface area contributed by atoms with Gasteiger partial charge >= 0.3 is 0 Å². The van der Waals surface area contributed by atoms with Gasteiger partial charge in [0, 0.05) is 5.56 Å². The third-order valence-electron chi connectivity index (χ3n) is 3.06. The van der Waals surface area contributed by atoms with E-state index in [-0.39, 0.29) is 5.91 Å². The molecule has 3 rings (SSSR count). The average Bonchev–Trinajstić information content (AvgIpc) is 3.10. The summed E-state index contributed by atoms with van der Waals surface area (Å²) in [6.45, 7) is 1.02. The molecule has 0 aliphatic carbocycles. The van der Waals surface area contributed by atoms with Crippen molar-refractivity contribution < 1.29 is 4.79 Å². The van der Waals surface area contributed by atoms with Crippen molar-refractivity contribution in [2.75, 3.05) is 11.9 Å². The van der Waals surface area contributed by atoms with Gasteiger partial charge in [-0.25, -0.2) is 0 Å². The first-order chi connectivity index (χ1) is 9.33. The van der Waals surface area contributed by atoms with Crippen LogP contribution in [0.5, 0.6) is 0 Å². The van der Waals surface area contributed by atoms with Crippen LogP contribution in [-0.2, 0) is 0 Å². The molecule has 2 aromatic rings. The molecule has 98 valence electrons. The standard InChI is InChI=1S/C13H14N4OS/c18-11(9-5-2-1-3-6-9)15-13-17-16-12(19-13)10-7-4-8-14-10/h1-3,5-6,10,14H,4,7-8H2,(H,15,17,18). The van der Waals surface area contributed by atoms with Gasteiger partial charge in [0.1, 0.15) is 5.01 Å². The molecule has 1 aliphatic heterocycles. The summed E-state index contributed by atoms with van der Waals surface area (Å²) in [5.74, 6) is -0.150. The van der Waals surface area contributed by atoms with E-state index in [4.69, 9.17) is 0 Å². The molecule has 1 aromatic carbocycles. The van der Waals surface area contributed by atoms with Gasteiger partial charge in [0.2, 0.25) is 5.13 Å². The summed E-state index contributed by atoms with van der Waals surface area (Å²) in [6.07, 6.45) is 2.25. The van der Waals surface area contributed by atoms with E-state index in [1.165, 1.54) is 11.3 Å². The summed E-state index contributed by atoms with van der Waals surface area (Å²) >= 11 is 1.44. The zero-order valence-electron chi connectivity index (χ0n) is 10.3. The lowest BCUT2D eigenvalue weighted by molar-refractivity contribution is 0.102. The molecule has 1 unspecified atom stereocenters. The van der Waals surface area contributed by atoms with Gasteiger partial charge in [0.05, 0.1) is 6.04 Å². The summed E-state index contributed by atoms with van der Waals surface area (Å²) in [5.41, 5.74) is 0.623. The number of amides is 1. The first kappa shape index (κ1) is 12.3. The van der Waals surface area contributed by atoms with Gasteiger partial charge in [-0.05, 0) is 31.5 Å². The van der Waals surface area contributed by atoms with Crippen molar-refractivity contribution in [3.05, 3.63) is 40.9 Å². The molecule has 1 aromatic heterocycles. The van der Waals surface area contributed by atoms with Gasteiger partial charge in [-0.15, -0.1) is 10.2 Å². The molecule has 0 bridgehead atoms. The topological polar surface area (TPSA) is 66.9 Å². The molecule has 5 nitrogen and oxygen atoms in total. The molecule has 1 fully saturated rings. The summed E-state index contributed by atoms with van der Waals surface area (Å²) in [4.78, 5) is 12.0. The van der Waals surface area contributed by atoms with Crippen molar-refractivity contribution in [1.82, 2.24) is 15.5 Å². The second kappa shape index (κ2) is 5.46. The van der Waals surface area contributed by atoms with Crippen LogP contribution in [0.3, 0.4) is 0 Å². The Hall–Kier alpha value is -1.79. The summed E-state index contributed by atoms with van der Waals surface area (Å²) < 4.78 is 0. The van der Waals surface area contributed by atoms with Crippen molar-refractivity contribution in [3.8, 4) is 0 Å². The third kappa shape index (κ3) is 2.80. The van der Waals surface area contributed by atoms with E-state index in [0.29, 0.717) is 16.7 Å². The van der Waals surface area contributed by atoms with E-state index in [0.717, 1.165) is 24.4 Å². The number of nitrogens with zero attached hydrogens (tertiary/aromatic N) is 2. The normalized spacial score (nSPS) is 18.4. The Labute approximate surface area is 115 Å². The fraction of sp³-hybridized carbons (Fsp3) is 0.308. The Balaban J connectivity index is 1.68. The van der Waals surface area contributed by atoms with E-state index in [1.807, 2.05) is 18.2 Å². The lowest BCUT2D eigenvalue weighted by atomic mass is 10.2. The maximum absolute atomic E-state index is 12.0. The van der Waals surface area contributed by atoms with Gasteiger partial charge in [0.15, 0.2) is 0 Å². The van der Waals surface area contributed by atoms with Crippen molar-refractivity contribution >= 4 is 22.4 Å². The van der Waals surface area contributed by atoms with Crippen LogP contribution in [0.25, 0.3) is 0 Å². The lowest BCUT2D eigenvalue weighted by Gasteiger charge is -2.03. The minimum Gasteiger partial charge on any atom is -0.308 e. The molecule has 2 N–H and O–H groups in total. The fourth-order valence-corrected chi connectivity index (χ4v) is 2.93. The smallest absolute Gasteiger partial charge is 0.257 e. The summed E-state index contributed by atoms with van der Waals surface area (Å²) in [6, 6.07) is 9.39. The van der Waals surface area contributed by atoms with Crippen LogP contribution in [-0.4, -0.2) is 22.6 Å². The molecule has 1 saturated heterocycles. The van der Waals surface area contributed by atoms with Crippen molar-refractivity contribution in [3.63, 3.8) is 0 Å². The molecule has 1 aliphatic rings. The number of rotatable bonds is 3. The maximum Gasteiger partial charge on any atom is 0.257 e. The molecule has 6 heteroatoms. The molecule has 0 saturated carbocycles. The van der Waals surface area contributed by atoms with Crippen LogP contribution in [0.1, 0.15) is 34.2 Å². The highest BCUT2D eigenvalue weighted by Crippen LogP contribution is 2.27. The van der Waals surface area contributed by atoms with Crippen LogP contribution in [0.15, 0.2) is 30.3 Å². The molecule has 19 heavy (non-hydrogen) atoms. The Bertz CT molecular complexity index is 563. The van der Waals surface area contributed by atoms with Gasteiger partial charge in [0.25, 0.3) is 5.91 Å². The van der Waals surface area contributed by atoms with Crippen LogP contribution in [0, 0.1) is 0 Å². The second-order valence-corrected chi connectivity index (χ2v) is 5.42. The molecule has 0 spiro atoms. The van der Waals surface area contributed by atoms with E-state index in [2.05, 4.69) is 20.8 Å². The van der Waals surface area contributed by atoms with E-state index in [1.54, 1.807) is 12.1 Å². The molecular weight excluding hydrogens is 260 g/mol. The predicted octanol–water partition coefficient (Wildman–Crippen LogP) is 2.21. The number of aromatic nitrogens is 2. The molecule has 2 heterocycles. The number of nitrogens with one attached hydrogen (secondary N) is 2. The van der Waals surface area contributed by atoms with E-state index in [9.17, 15) is 4.79 Å². The van der Waals surface area contributed by atoms with Gasteiger partial charge in [-0.1, -0.05) is 29.5 Å². The Morgan fingerprint density at radius 1 is 1.32 bits per heavy atom. The minimum atomic E-state index is -0.150. The number of benzene rings is 1. The summed E-state index contributed by atoms with van der Waals surface area (Å²) in [5, 5.41) is 15.8. The highest BCUT2D eigenvalue weighted by atomic mass is 32.1. The van der Waals surface area contributed by atoms with E-state index >= 15 is 0 Å². The van der Waals surface area contributed by atoms with Crippen LogP contribution >= 0.6 is 11.3 Å². The largest absolute Gasteiger partial charge is 0.308 e. The second-order valence-electron chi connectivity index (χ2n) is 4.41. The fourth-order valence-electron chi connectivity index (χ4n) is 2.08. The van der Waals surface area contributed by atoms with Crippen LogP contribution in [0.2, 0.25) is 0 Å². The van der Waals surface area contributed by atoms with Crippen molar-refractivity contribution in [2.24, 2.45) is 0 Å². The highest BCUT2D eigenvalue weighted by Gasteiger charge is 2.20. The molecular formula is C13H14N4OS. The minimum absolute atomic E-state index is 0.150.